The van der Waals surface area contributed by atoms with E-state index < -0.39 is 0 Å². The Hall–Kier alpha value is -1.77. The van der Waals surface area contributed by atoms with E-state index in [2.05, 4.69) is 38.0 Å². The second kappa shape index (κ2) is 4.62. The molecule has 17 heavy (non-hydrogen) atoms. The first-order chi connectivity index (χ1) is 8.17. The van der Waals surface area contributed by atoms with Gasteiger partial charge >= 0.3 is 0 Å². The number of nitrogens with zero attached hydrogens (tertiary/aromatic N) is 2. The molecule has 0 N–H and O–H groups in total. The van der Waals surface area contributed by atoms with Crippen molar-refractivity contribution in [2.24, 2.45) is 0 Å². The minimum atomic E-state index is 0.904. The Morgan fingerprint density at radius 2 is 2.06 bits per heavy atom. The van der Waals surface area contributed by atoms with Crippen LogP contribution in [0.1, 0.15) is 18.2 Å². The van der Waals surface area contributed by atoms with Crippen molar-refractivity contribution in [1.82, 2.24) is 9.78 Å². The first kappa shape index (κ1) is 11.7. The summed E-state index contributed by atoms with van der Waals surface area (Å²) in [7, 11) is 1.70. The summed E-state index contributed by atoms with van der Waals surface area (Å²) in [6.45, 7) is 7.16. The van der Waals surface area contributed by atoms with Crippen LogP contribution in [0.3, 0.4) is 0 Å². The fraction of sp³-hybridized carbons (Fsp3) is 0.357. The van der Waals surface area contributed by atoms with Crippen LogP contribution in [-0.2, 0) is 6.54 Å². The lowest BCUT2D eigenvalue weighted by molar-refractivity contribution is 0.412. The fourth-order valence-electron chi connectivity index (χ4n) is 2.09. The van der Waals surface area contributed by atoms with Crippen molar-refractivity contribution in [1.29, 1.82) is 0 Å². The van der Waals surface area contributed by atoms with Gasteiger partial charge in [-0.3, -0.25) is 4.68 Å². The Morgan fingerprint density at radius 1 is 1.29 bits per heavy atom. The van der Waals surface area contributed by atoms with Crippen molar-refractivity contribution < 1.29 is 4.74 Å². The lowest BCUT2D eigenvalue weighted by Gasteiger charge is -2.07. The molecule has 2 rings (SSSR count). The maximum Gasteiger partial charge on any atom is 0.121 e. The van der Waals surface area contributed by atoms with Crippen LogP contribution in [0.4, 0.5) is 0 Å². The van der Waals surface area contributed by atoms with Crippen molar-refractivity contribution >= 4 is 0 Å². The van der Waals surface area contributed by atoms with Gasteiger partial charge in [0.15, 0.2) is 0 Å². The van der Waals surface area contributed by atoms with Crippen LogP contribution in [-0.4, -0.2) is 16.9 Å². The highest BCUT2D eigenvalue weighted by Crippen LogP contribution is 2.27. The van der Waals surface area contributed by atoms with E-state index in [-0.39, 0.29) is 0 Å². The predicted octanol–water partition coefficient (Wildman–Crippen LogP) is 3.20. The maximum absolute atomic E-state index is 5.27. The van der Waals surface area contributed by atoms with Gasteiger partial charge in [-0.15, -0.1) is 0 Å². The summed E-state index contributed by atoms with van der Waals surface area (Å²) in [5.41, 5.74) is 4.74. The van der Waals surface area contributed by atoms with Gasteiger partial charge in [0.1, 0.15) is 5.75 Å². The third kappa shape index (κ3) is 2.05. The highest BCUT2D eigenvalue weighted by atomic mass is 16.5. The van der Waals surface area contributed by atoms with Crippen molar-refractivity contribution in [2.45, 2.75) is 27.3 Å². The Bertz CT molecular complexity index is 529. The minimum Gasteiger partial charge on any atom is -0.496 e. The highest BCUT2D eigenvalue weighted by Gasteiger charge is 2.08. The van der Waals surface area contributed by atoms with E-state index in [4.69, 9.17) is 4.74 Å². The number of methoxy groups -OCH3 is 1. The van der Waals surface area contributed by atoms with Gasteiger partial charge < -0.3 is 4.74 Å². The summed E-state index contributed by atoms with van der Waals surface area (Å²) in [5.74, 6) is 0.925. The lowest BCUT2D eigenvalue weighted by atomic mass is 10.0. The van der Waals surface area contributed by atoms with Crippen molar-refractivity contribution in [3.8, 4) is 16.9 Å². The van der Waals surface area contributed by atoms with Gasteiger partial charge in [-0.25, -0.2) is 0 Å². The molecule has 90 valence electrons. The number of benzene rings is 1. The van der Waals surface area contributed by atoms with Crippen molar-refractivity contribution in [3.05, 3.63) is 35.7 Å². The SMILES string of the molecule is CCn1ncc(-c2ccc(OC)c(C)c2)c1C. The lowest BCUT2D eigenvalue weighted by Crippen LogP contribution is -1.98. The summed E-state index contributed by atoms with van der Waals surface area (Å²) >= 11 is 0. The molecule has 0 unspecified atom stereocenters. The largest absolute Gasteiger partial charge is 0.496 e. The Kier molecular flexibility index (Phi) is 3.18. The number of rotatable bonds is 3. The fourth-order valence-corrected chi connectivity index (χ4v) is 2.09. The maximum atomic E-state index is 5.27. The molecule has 0 saturated heterocycles. The normalized spacial score (nSPS) is 10.6. The topological polar surface area (TPSA) is 27.1 Å². The molecule has 3 nitrogen and oxygen atoms in total. The molecule has 1 heterocycles. The van der Waals surface area contributed by atoms with E-state index in [9.17, 15) is 0 Å². The van der Waals surface area contributed by atoms with Crippen LogP contribution in [0.2, 0.25) is 0 Å². The molecule has 0 aliphatic carbocycles. The Morgan fingerprint density at radius 3 is 2.59 bits per heavy atom. The van der Waals surface area contributed by atoms with E-state index in [1.165, 1.54) is 16.8 Å². The third-order valence-electron chi connectivity index (χ3n) is 3.11. The molecule has 0 fully saturated rings. The molecule has 0 aliphatic heterocycles. The van der Waals surface area contributed by atoms with Gasteiger partial charge in [0.2, 0.25) is 0 Å². The zero-order valence-corrected chi connectivity index (χ0v) is 10.8. The van der Waals surface area contributed by atoms with E-state index >= 15 is 0 Å². The average molecular weight is 230 g/mol. The van der Waals surface area contributed by atoms with Gasteiger partial charge in [-0.05, 0) is 44.0 Å². The van der Waals surface area contributed by atoms with Gasteiger partial charge in [-0.2, -0.15) is 5.10 Å². The second-order valence-corrected chi connectivity index (χ2v) is 4.14. The number of hydrogen-bond donors (Lipinski definition) is 0. The molecule has 0 radical (unpaired) electrons. The molecule has 1 aromatic carbocycles. The van der Waals surface area contributed by atoms with Crippen LogP contribution in [0.25, 0.3) is 11.1 Å². The van der Waals surface area contributed by atoms with Gasteiger partial charge in [-0.1, -0.05) is 6.07 Å². The second-order valence-electron chi connectivity index (χ2n) is 4.14. The molecule has 0 atom stereocenters. The van der Waals surface area contributed by atoms with Gasteiger partial charge in [0.05, 0.1) is 13.3 Å². The first-order valence-electron chi connectivity index (χ1n) is 5.84. The number of ether oxygens (including phenoxy) is 1. The summed E-state index contributed by atoms with van der Waals surface area (Å²) in [4.78, 5) is 0. The third-order valence-corrected chi connectivity index (χ3v) is 3.11. The van der Waals surface area contributed by atoms with Gasteiger partial charge in [0.25, 0.3) is 0 Å². The Balaban J connectivity index is 2.46. The van der Waals surface area contributed by atoms with E-state index in [1.807, 2.05) is 16.9 Å². The number of aromatic nitrogens is 2. The average Bonchev–Trinajstić information content (AvgIpc) is 2.70. The molecule has 0 saturated carbocycles. The van der Waals surface area contributed by atoms with Crippen LogP contribution >= 0.6 is 0 Å². The van der Waals surface area contributed by atoms with Gasteiger partial charge in [0, 0.05) is 17.8 Å². The molecule has 1 aromatic heterocycles. The molecule has 0 aliphatic rings. The van der Waals surface area contributed by atoms with Crippen LogP contribution < -0.4 is 4.74 Å². The van der Waals surface area contributed by atoms with Crippen LogP contribution in [0.5, 0.6) is 5.75 Å². The zero-order valence-electron chi connectivity index (χ0n) is 10.8. The Labute approximate surface area is 102 Å². The summed E-state index contributed by atoms with van der Waals surface area (Å²) in [6, 6.07) is 6.23. The molecule has 0 spiro atoms. The first-order valence-corrected chi connectivity index (χ1v) is 5.84. The molecule has 0 bridgehead atoms. The standard InChI is InChI=1S/C14H18N2O/c1-5-16-11(3)13(9-15-16)12-6-7-14(17-4)10(2)8-12/h6-9H,5H2,1-4H3. The quantitative estimate of drug-likeness (QED) is 0.809. The predicted molar refractivity (Wildman–Crippen MR) is 69.4 cm³/mol. The van der Waals surface area contributed by atoms with E-state index in [0.717, 1.165) is 17.9 Å². The van der Waals surface area contributed by atoms with E-state index in [1.54, 1.807) is 7.11 Å². The minimum absolute atomic E-state index is 0.904. The molecule has 0 amide bonds. The molecule has 2 aromatic rings. The number of aryl methyl sites for hydroxylation is 2. The van der Waals surface area contributed by atoms with E-state index in [0.29, 0.717) is 0 Å². The van der Waals surface area contributed by atoms with Crippen molar-refractivity contribution in [3.63, 3.8) is 0 Å². The monoisotopic (exact) mass is 230 g/mol. The molecule has 3 heteroatoms. The molecular formula is C14H18N2O. The molecular weight excluding hydrogens is 212 g/mol. The van der Waals surface area contributed by atoms with Crippen molar-refractivity contribution in [2.75, 3.05) is 7.11 Å². The summed E-state index contributed by atoms with van der Waals surface area (Å²) < 4.78 is 7.28. The smallest absolute Gasteiger partial charge is 0.121 e. The van der Waals surface area contributed by atoms with Crippen LogP contribution in [0.15, 0.2) is 24.4 Å². The highest BCUT2D eigenvalue weighted by molar-refractivity contribution is 5.67. The summed E-state index contributed by atoms with van der Waals surface area (Å²) in [5, 5.41) is 4.37. The zero-order chi connectivity index (χ0) is 12.4. The summed E-state index contributed by atoms with van der Waals surface area (Å²) in [6.07, 6.45) is 1.93. The van der Waals surface area contributed by atoms with Crippen LogP contribution in [0, 0.1) is 13.8 Å². The number of hydrogen-bond acceptors (Lipinski definition) is 2.